The van der Waals surface area contributed by atoms with Crippen molar-refractivity contribution in [2.45, 2.75) is 6.54 Å². The number of benzene rings is 1. The molecule has 17 heavy (non-hydrogen) atoms. The lowest BCUT2D eigenvalue weighted by Crippen LogP contribution is -2.16. The van der Waals surface area contributed by atoms with Crippen molar-refractivity contribution in [1.29, 1.82) is 0 Å². The number of nitrogens with two attached hydrogens (primary N) is 3. The molecular weight excluding hydrogens is 234 g/mol. The Bertz CT molecular complexity index is 533. The molecule has 0 fully saturated rings. The Labute approximate surface area is 103 Å². The van der Waals surface area contributed by atoms with E-state index >= 15 is 0 Å². The van der Waals surface area contributed by atoms with E-state index in [1.54, 1.807) is 24.4 Å². The lowest BCUT2D eigenvalue weighted by Gasteiger charge is -2.05. The molecule has 0 aliphatic heterocycles. The summed E-state index contributed by atoms with van der Waals surface area (Å²) >= 11 is 1.54. The average molecular weight is 247 g/mol. The van der Waals surface area contributed by atoms with Crippen LogP contribution in [0.25, 0.3) is 0 Å². The van der Waals surface area contributed by atoms with Crippen molar-refractivity contribution in [2.24, 2.45) is 10.7 Å². The van der Waals surface area contributed by atoms with E-state index in [2.05, 4.69) is 9.98 Å². The van der Waals surface area contributed by atoms with Gasteiger partial charge in [-0.1, -0.05) is 0 Å². The highest BCUT2D eigenvalue weighted by atomic mass is 32.1. The van der Waals surface area contributed by atoms with Crippen molar-refractivity contribution in [3.05, 3.63) is 40.3 Å². The van der Waals surface area contributed by atoms with Crippen LogP contribution >= 0.6 is 11.3 Å². The number of hydrogen-bond acceptors (Lipinski definition) is 5. The van der Waals surface area contributed by atoms with E-state index in [1.165, 1.54) is 11.3 Å². The van der Waals surface area contributed by atoms with Gasteiger partial charge in [-0.3, -0.25) is 4.99 Å². The van der Waals surface area contributed by atoms with Gasteiger partial charge in [0.15, 0.2) is 0 Å². The second-order valence-electron chi connectivity index (χ2n) is 3.47. The third kappa shape index (κ3) is 2.73. The first-order chi connectivity index (χ1) is 8.16. The SMILES string of the molecule is NC(=NCc1nccs1)c1cc(N)ccc1N. The highest BCUT2D eigenvalue weighted by molar-refractivity contribution is 7.09. The fourth-order valence-electron chi connectivity index (χ4n) is 1.36. The van der Waals surface area contributed by atoms with E-state index in [0.717, 1.165) is 5.01 Å². The van der Waals surface area contributed by atoms with Crippen LogP contribution in [0, 0.1) is 0 Å². The number of anilines is 2. The molecule has 1 heterocycles. The minimum absolute atomic E-state index is 0.380. The largest absolute Gasteiger partial charge is 0.399 e. The molecule has 88 valence electrons. The van der Waals surface area contributed by atoms with Gasteiger partial charge in [0, 0.05) is 28.5 Å². The molecule has 0 saturated carbocycles. The number of aromatic nitrogens is 1. The number of rotatable bonds is 3. The quantitative estimate of drug-likeness (QED) is 0.431. The minimum atomic E-state index is 0.380. The summed E-state index contributed by atoms with van der Waals surface area (Å²) < 4.78 is 0. The van der Waals surface area contributed by atoms with Gasteiger partial charge in [0.05, 0.1) is 6.54 Å². The summed E-state index contributed by atoms with van der Waals surface area (Å²) in [5.41, 5.74) is 19.2. The van der Waals surface area contributed by atoms with E-state index < -0.39 is 0 Å². The van der Waals surface area contributed by atoms with E-state index in [4.69, 9.17) is 17.2 Å². The molecule has 5 nitrogen and oxygen atoms in total. The zero-order valence-electron chi connectivity index (χ0n) is 9.13. The predicted octanol–water partition coefficient (Wildman–Crippen LogP) is 1.21. The Morgan fingerprint density at radius 2 is 2.18 bits per heavy atom. The summed E-state index contributed by atoms with van der Waals surface area (Å²) in [6.45, 7) is 0.456. The molecule has 0 unspecified atom stereocenters. The van der Waals surface area contributed by atoms with Crippen molar-refractivity contribution in [3.63, 3.8) is 0 Å². The van der Waals surface area contributed by atoms with Gasteiger partial charge in [0.2, 0.25) is 0 Å². The van der Waals surface area contributed by atoms with Gasteiger partial charge in [-0.25, -0.2) is 4.98 Å². The van der Waals surface area contributed by atoms with Crippen molar-refractivity contribution < 1.29 is 0 Å². The third-order valence-electron chi connectivity index (χ3n) is 2.22. The number of amidine groups is 1. The topological polar surface area (TPSA) is 103 Å². The fraction of sp³-hybridized carbons (Fsp3) is 0.0909. The molecule has 0 aliphatic rings. The molecule has 1 aromatic carbocycles. The van der Waals surface area contributed by atoms with Crippen LogP contribution in [0.4, 0.5) is 11.4 Å². The number of nitrogens with zero attached hydrogens (tertiary/aromatic N) is 2. The van der Waals surface area contributed by atoms with Crippen LogP contribution in [0.1, 0.15) is 10.6 Å². The van der Waals surface area contributed by atoms with Crippen molar-refractivity contribution >= 4 is 28.5 Å². The molecule has 1 aromatic heterocycles. The molecule has 0 saturated heterocycles. The van der Waals surface area contributed by atoms with Gasteiger partial charge in [-0.2, -0.15) is 0 Å². The van der Waals surface area contributed by atoms with E-state index in [9.17, 15) is 0 Å². The van der Waals surface area contributed by atoms with Crippen LogP contribution in [0.5, 0.6) is 0 Å². The molecule has 6 heteroatoms. The first kappa shape index (κ1) is 11.4. The molecule has 0 aliphatic carbocycles. The molecular formula is C11H13N5S. The van der Waals surface area contributed by atoms with Crippen LogP contribution in [0.15, 0.2) is 34.8 Å². The van der Waals surface area contributed by atoms with Crippen LogP contribution in [0.2, 0.25) is 0 Å². The molecule has 6 N–H and O–H groups in total. The number of nitrogen functional groups attached to an aromatic ring is 2. The van der Waals surface area contributed by atoms with E-state index in [-0.39, 0.29) is 0 Å². The van der Waals surface area contributed by atoms with Crippen LogP contribution in [-0.4, -0.2) is 10.8 Å². The lowest BCUT2D eigenvalue weighted by molar-refractivity contribution is 1.03. The van der Waals surface area contributed by atoms with Gasteiger partial charge in [0.25, 0.3) is 0 Å². The van der Waals surface area contributed by atoms with Crippen molar-refractivity contribution in [2.75, 3.05) is 11.5 Å². The third-order valence-corrected chi connectivity index (χ3v) is 2.99. The molecule has 0 bridgehead atoms. The van der Waals surface area contributed by atoms with Crippen LogP contribution in [0.3, 0.4) is 0 Å². The molecule has 0 amide bonds. The highest BCUT2D eigenvalue weighted by Gasteiger charge is 2.04. The maximum Gasteiger partial charge on any atom is 0.128 e. The summed E-state index contributed by atoms with van der Waals surface area (Å²) in [5, 5.41) is 2.81. The van der Waals surface area contributed by atoms with Crippen LogP contribution in [-0.2, 0) is 6.54 Å². The van der Waals surface area contributed by atoms with Crippen molar-refractivity contribution in [1.82, 2.24) is 4.98 Å². The summed E-state index contributed by atoms with van der Waals surface area (Å²) in [5.74, 6) is 0.380. The highest BCUT2D eigenvalue weighted by Crippen LogP contribution is 2.15. The zero-order valence-corrected chi connectivity index (χ0v) is 9.95. The van der Waals surface area contributed by atoms with Gasteiger partial charge in [-0.05, 0) is 18.2 Å². The molecule has 0 radical (unpaired) electrons. The maximum atomic E-state index is 5.87. The van der Waals surface area contributed by atoms with Crippen LogP contribution < -0.4 is 17.2 Å². The van der Waals surface area contributed by atoms with Crippen molar-refractivity contribution in [3.8, 4) is 0 Å². The summed E-state index contributed by atoms with van der Waals surface area (Å²) in [6.07, 6.45) is 1.74. The summed E-state index contributed by atoms with van der Waals surface area (Å²) in [6, 6.07) is 5.17. The second-order valence-corrected chi connectivity index (χ2v) is 4.45. The number of thiazole rings is 1. The predicted molar refractivity (Wildman–Crippen MR) is 71.8 cm³/mol. The van der Waals surface area contributed by atoms with Gasteiger partial charge >= 0.3 is 0 Å². The van der Waals surface area contributed by atoms with Gasteiger partial charge in [-0.15, -0.1) is 11.3 Å². The van der Waals surface area contributed by atoms with Gasteiger partial charge < -0.3 is 17.2 Å². The molecule has 0 atom stereocenters. The first-order valence-electron chi connectivity index (χ1n) is 5.00. The summed E-state index contributed by atoms with van der Waals surface area (Å²) in [4.78, 5) is 8.37. The second kappa shape index (κ2) is 4.84. The Morgan fingerprint density at radius 3 is 2.88 bits per heavy atom. The average Bonchev–Trinajstić information content (AvgIpc) is 2.82. The zero-order chi connectivity index (χ0) is 12.3. The maximum absolute atomic E-state index is 5.87. The number of aliphatic imine (C=N–C) groups is 1. The van der Waals surface area contributed by atoms with Gasteiger partial charge in [0.1, 0.15) is 10.8 Å². The monoisotopic (exact) mass is 247 g/mol. The fourth-order valence-corrected chi connectivity index (χ4v) is 1.90. The Balaban J connectivity index is 2.21. The van der Waals surface area contributed by atoms with E-state index in [0.29, 0.717) is 29.3 Å². The van der Waals surface area contributed by atoms with E-state index in [1.807, 2.05) is 5.38 Å². The Kier molecular flexibility index (Phi) is 3.24. The summed E-state index contributed by atoms with van der Waals surface area (Å²) in [7, 11) is 0. The molecule has 2 aromatic rings. The lowest BCUT2D eigenvalue weighted by atomic mass is 10.1. The first-order valence-corrected chi connectivity index (χ1v) is 5.88. The standard InChI is InChI=1S/C11H13N5S/c12-7-1-2-9(13)8(5-7)11(14)16-6-10-15-3-4-17-10/h1-5H,6,12-13H2,(H2,14,16). The normalized spacial score (nSPS) is 11.6. The Hall–Kier alpha value is -2.08. The number of hydrogen-bond donors (Lipinski definition) is 3. The smallest absolute Gasteiger partial charge is 0.128 e. The Morgan fingerprint density at radius 1 is 1.35 bits per heavy atom. The molecule has 2 rings (SSSR count). The molecule has 0 spiro atoms. The minimum Gasteiger partial charge on any atom is -0.399 e.